The first-order chi connectivity index (χ1) is 13.2. The summed E-state index contributed by atoms with van der Waals surface area (Å²) in [6.07, 6.45) is 0. The van der Waals surface area contributed by atoms with Gasteiger partial charge in [-0.2, -0.15) is 0 Å². The van der Waals surface area contributed by atoms with E-state index in [2.05, 4.69) is 10.0 Å². The summed E-state index contributed by atoms with van der Waals surface area (Å²) in [5.41, 5.74) is 1.68. The quantitative estimate of drug-likeness (QED) is 0.370. The average molecular weight is 407 g/mol. The van der Waals surface area contributed by atoms with E-state index in [1.165, 1.54) is 18.2 Å². The van der Waals surface area contributed by atoms with Crippen molar-refractivity contribution in [3.8, 4) is 5.75 Å². The highest BCUT2D eigenvalue weighted by Gasteiger charge is 2.17. The van der Waals surface area contributed by atoms with Gasteiger partial charge in [-0.15, -0.1) is 0 Å². The lowest BCUT2D eigenvalue weighted by Gasteiger charge is -2.11. The molecule has 0 atom stereocenters. The van der Waals surface area contributed by atoms with Crippen molar-refractivity contribution in [2.75, 3.05) is 19.7 Å². The molecule has 2 N–H and O–H groups in total. The van der Waals surface area contributed by atoms with Gasteiger partial charge >= 0.3 is 0 Å². The number of nitrogens with zero attached hydrogens (tertiary/aromatic N) is 1. The molecular weight excluding hydrogens is 386 g/mol. The van der Waals surface area contributed by atoms with Gasteiger partial charge in [-0.25, -0.2) is 13.1 Å². The van der Waals surface area contributed by atoms with Crippen molar-refractivity contribution in [3.63, 3.8) is 0 Å². The van der Waals surface area contributed by atoms with Crippen LogP contribution in [0, 0.1) is 24.0 Å². The van der Waals surface area contributed by atoms with Gasteiger partial charge < -0.3 is 10.1 Å². The molecule has 0 spiro atoms. The molecule has 0 aromatic heterocycles. The minimum Gasteiger partial charge on any atom is -0.484 e. The second-order valence-electron chi connectivity index (χ2n) is 6.06. The molecule has 2 rings (SSSR count). The summed E-state index contributed by atoms with van der Waals surface area (Å²) in [6.45, 7) is 3.62. The third-order valence-corrected chi connectivity index (χ3v) is 5.23. The van der Waals surface area contributed by atoms with Crippen LogP contribution >= 0.6 is 0 Å². The zero-order valence-electron chi connectivity index (χ0n) is 15.5. The zero-order chi connectivity index (χ0) is 20.7. The predicted octanol–water partition coefficient (Wildman–Crippen LogP) is 1.69. The Morgan fingerprint density at radius 3 is 2.57 bits per heavy atom. The number of nitrogens with one attached hydrogen (secondary N) is 2. The van der Waals surface area contributed by atoms with Crippen LogP contribution in [0.15, 0.2) is 47.4 Å². The summed E-state index contributed by atoms with van der Waals surface area (Å²) in [6, 6.07) is 10.3. The Bertz CT molecular complexity index is 975. The van der Waals surface area contributed by atoms with Crippen molar-refractivity contribution in [3.05, 3.63) is 63.7 Å². The second-order valence-corrected chi connectivity index (χ2v) is 7.83. The molecule has 1 amide bonds. The number of hydrogen-bond acceptors (Lipinski definition) is 6. The molecule has 0 bridgehead atoms. The van der Waals surface area contributed by atoms with Crippen LogP contribution in [0.3, 0.4) is 0 Å². The number of carbonyl (C=O) groups is 1. The number of hydrogen-bond donors (Lipinski definition) is 2. The van der Waals surface area contributed by atoms with E-state index >= 15 is 0 Å². The average Bonchev–Trinajstić information content (AvgIpc) is 2.64. The molecule has 0 aliphatic carbocycles. The zero-order valence-corrected chi connectivity index (χ0v) is 16.3. The number of ether oxygens (including phenoxy) is 1. The topological polar surface area (TPSA) is 128 Å². The number of rotatable bonds is 9. The van der Waals surface area contributed by atoms with Crippen LogP contribution in [0.2, 0.25) is 0 Å². The Morgan fingerprint density at radius 2 is 1.89 bits per heavy atom. The van der Waals surface area contributed by atoms with E-state index in [0.29, 0.717) is 5.75 Å². The first-order valence-corrected chi connectivity index (χ1v) is 9.88. The monoisotopic (exact) mass is 407 g/mol. The van der Waals surface area contributed by atoms with E-state index in [-0.39, 0.29) is 30.3 Å². The highest BCUT2D eigenvalue weighted by Crippen LogP contribution is 2.18. The number of non-ortho nitro benzene ring substituents is 1. The Hall–Kier alpha value is -2.98. The Balaban J connectivity index is 1.79. The number of amides is 1. The normalized spacial score (nSPS) is 11.1. The third kappa shape index (κ3) is 6.03. The number of sulfonamides is 1. The minimum absolute atomic E-state index is 0.0449. The molecular formula is C18H21N3O6S. The summed E-state index contributed by atoms with van der Waals surface area (Å²) < 4.78 is 32.0. The maximum absolute atomic E-state index is 12.2. The predicted molar refractivity (Wildman–Crippen MR) is 103 cm³/mol. The van der Waals surface area contributed by atoms with Crippen molar-refractivity contribution >= 4 is 21.6 Å². The number of nitro groups is 1. The van der Waals surface area contributed by atoms with Gasteiger partial charge in [0.15, 0.2) is 6.61 Å². The van der Waals surface area contributed by atoms with Gasteiger partial charge in [-0.1, -0.05) is 23.8 Å². The van der Waals surface area contributed by atoms with Crippen molar-refractivity contribution in [2.45, 2.75) is 18.7 Å². The van der Waals surface area contributed by atoms with E-state index in [1.807, 2.05) is 26.0 Å². The summed E-state index contributed by atoms with van der Waals surface area (Å²) in [7, 11) is -3.92. The van der Waals surface area contributed by atoms with Crippen molar-refractivity contribution in [1.82, 2.24) is 10.0 Å². The molecule has 10 heteroatoms. The first-order valence-electron chi connectivity index (χ1n) is 8.40. The van der Waals surface area contributed by atoms with Crippen molar-refractivity contribution in [1.29, 1.82) is 0 Å². The largest absolute Gasteiger partial charge is 0.484 e. The molecule has 2 aromatic carbocycles. The molecule has 28 heavy (non-hydrogen) atoms. The Kier molecular flexibility index (Phi) is 7.07. The lowest BCUT2D eigenvalue weighted by atomic mass is 10.1. The van der Waals surface area contributed by atoms with Crippen molar-refractivity contribution in [2.24, 2.45) is 0 Å². The highest BCUT2D eigenvalue weighted by atomic mass is 32.2. The molecule has 0 saturated carbocycles. The second kappa shape index (κ2) is 9.29. The summed E-state index contributed by atoms with van der Waals surface area (Å²) in [5, 5.41) is 13.3. The van der Waals surface area contributed by atoms with Crippen LogP contribution in [0.25, 0.3) is 0 Å². The van der Waals surface area contributed by atoms with Gasteiger partial charge in [-0.3, -0.25) is 14.9 Å². The SMILES string of the molecule is Cc1ccc(OCC(=O)NCCNS(=O)(=O)c2cccc([N+](=O)[O-])c2)c(C)c1. The van der Waals surface area contributed by atoms with Gasteiger partial charge in [0, 0.05) is 25.2 Å². The maximum atomic E-state index is 12.2. The van der Waals surface area contributed by atoms with Crippen LogP contribution < -0.4 is 14.8 Å². The number of benzene rings is 2. The van der Waals surface area contributed by atoms with E-state index in [9.17, 15) is 23.3 Å². The fourth-order valence-electron chi connectivity index (χ4n) is 2.39. The van der Waals surface area contributed by atoms with Crippen LogP contribution in [-0.2, 0) is 14.8 Å². The van der Waals surface area contributed by atoms with Gasteiger partial charge in [0.05, 0.1) is 9.82 Å². The van der Waals surface area contributed by atoms with Gasteiger partial charge in [0.25, 0.3) is 11.6 Å². The van der Waals surface area contributed by atoms with E-state index in [1.54, 1.807) is 6.07 Å². The molecule has 2 aromatic rings. The van der Waals surface area contributed by atoms with E-state index < -0.39 is 20.9 Å². The molecule has 0 saturated heterocycles. The molecule has 0 heterocycles. The molecule has 0 radical (unpaired) electrons. The summed E-state index contributed by atoms with van der Waals surface area (Å²) >= 11 is 0. The lowest BCUT2D eigenvalue weighted by Crippen LogP contribution is -2.36. The van der Waals surface area contributed by atoms with Crippen LogP contribution in [-0.4, -0.2) is 38.9 Å². The molecule has 150 valence electrons. The smallest absolute Gasteiger partial charge is 0.270 e. The van der Waals surface area contributed by atoms with E-state index in [0.717, 1.165) is 17.2 Å². The first kappa shape index (κ1) is 21.3. The lowest BCUT2D eigenvalue weighted by molar-refractivity contribution is -0.385. The number of nitro benzene ring substituents is 1. The minimum atomic E-state index is -3.92. The van der Waals surface area contributed by atoms with Gasteiger partial charge in [0.1, 0.15) is 5.75 Å². The van der Waals surface area contributed by atoms with E-state index in [4.69, 9.17) is 4.74 Å². The Morgan fingerprint density at radius 1 is 1.14 bits per heavy atom. The summed E-state index contributed by atoms with van der Waals surface area (Å²) in [4.78, 5) is 21.7. The number of carbonyl (C=O) groups excluding carboxylic acids is 1. The van der Waals surface area contributed by atoms with Crippen LogP contribution in [0.5, 0.6) is 5.75 Å². The fraction of sp³-hybridized carbons (Fsp3) is 0.278. The molecule has 0 unspecified atom stereocenters. The Labute approximate surface area is 162 Å². The van der Waals surface area contributed by atoms with Crippen LogP contribution in [0.4, 0.5) is 5.69 Å². The van der Waals surface area contributed by atoms with Crippen molar-refractivity contribution < 1.29 is 22.9 Å². The fourth-order valence-corrected chi connectivity index (χ4v) is 3.46. The summed E-state index contributed by atoms with van der Waals surface area (Å²) in [5.74, 6) is 0.210. The van der Waals surface area contributed by atoms with Crippen LogP contribution in [0.1, 0.15) is 11.1 Å². The molecule has 0 fully saturated rings. The standard InChI is InChI=1S/C18H21N3O6S/c1-13-6-7-17(14(2)10-13)27-12-18(22)19-8-9-20-28(25,26)16-5-3-4-15(11-16)21(23)24/h3-7,10-11,20H,8-9,12H2,1-2H3,(H,19,22). The molecule has 0 aliphatic rings. The van der Waals surface area contributed by atoms with Gasteiger partial charge in [0.2, 0.25) is 10.0 Å². The molecule has 0 aliphatic heterocycles. The third-order valence-electron chi connectivity index (χ3n) is 3.77. The molecule has 9 nitrogen and oxygen atoms in total. The number of aryl methyl sites for hydroxylation is 2. The van der Waals surface area contributed by atoms with Gasteiger partial charge in [-0.05, 0) is 31.5 Å². The highest BCUT2D eigenvalue weighted by molar-refractivity contribution is 7.89. The maximum Gasteiger partial charge on any atom is 0.270 e.